The predicted octanol–water partition coefficient (Wildman–Crippen LogP) is 2.99. The first-order valence-electron chi connectivity index (χ1n) is 11.2. The summed E-state index contributed by atoms with van der Waals surface area (Å²) in [6.45, 7) is 3.80. The summed E-state index contributed by atoms with van der Waals surface area (Å²) in [5.74, 6) is -0.763. The van der Waals surface area contributed by atoms with Crippen molar-refractivity contribution in [2.24, 2.45) is 5.92 Å². The van der Waals surface area contributed by atoms with Gasteiger partial charge in [0.1, 0.15) is 10.6 Å². The minimum atomic E-state index is -3.80. The third-order valence-electron chi connectivity index (χ3n) is 6.33. The van der Waals surface area contributed by atoms with Crippen molar-refractivity contribution in [1.82, 2.24) is 14.2 Å². The van der Waals surface area contributed by atoms with Gasteiger partial charge in [-0.1, -0.05) is 18.2 Å². The summed E-state index contributed by atoms with van der Waals surface area (Å²) in [6, 6.07) is 8.94. The molecule has 1 aromatic carbocycles. The Morgan fingerprint density at radius 2 is 1.81 bits per heavy atom. The van der Waals surface area contributed by atoms with E-state index in [1.165, 1.54) is 16.6 Å². The number of rotatable bonds is 5. The van der Waals surface area contributed by atoms with Crippen molar-refractivity contribution in [3.8, 4) is 0 Å². The van der Waals surface area contributed by atoms with Gasteiger partial charge in [-0.25, -0.2) is 8.42 Å². The molecule has 2 N–H and O–H groups in total. The number of aromatic amines is 1. The molecule has 0 saturated carbocycles. The molecule has 0 aliphatic carbocycles. The first-order chi connectivity index (χ1) is 15.4. The fourth-order valence-corrected chi connectivity index (χ4v) is 5.90. The van der Waals surface area contributed by atoms with Gasteiger partial charge >= 0.3 is 0 Å². The number of anilines is 1. The number of amides is 2. The molecule has 2 aliphatic heterocycles. The molecule has 2 aromatic rings. The van der Waals surface area contributed by atoms with Crippen molar-refractivity contribution in [2.45, 2.75) is 43.9 Å². The van der Waals surface area contributed by atoms with Crippen LogP contribution in [0.15, 0.2) is 41.4 Å². The summed E-state index contributed by atoms with van der Waals surface area (Å²) in [6.07, 6.45) is 5.67. The number of carbonyl (C=O) groups excluding carboxylic acids is 2. The topological polar surface area (TPSA) is 103 Å². The van der Waals surface area contributed by atoms with Gasteiger partial charge in [-0.2, -0.15) is 4.31 Å². The van der Waals surface area contributed by atoms with Gasteiger partial charge in [-0.3, -0.25) is 9.59 Å². The Labute approximate surface area is 189 Å². The van der Waals surface area contributed by atoms with Crippen molar-refractivity contribution in [1.29, 1.82) is 0 Å². The number of carbonyl (C=O) groups is 2. The summed E-state index contributed by atoms with van der Waals surface area (Å²) < 4.78 is 27.8. The Morgan fingerprint density at radius 3 is 2.56 bits per heavy atom. The zero-order valence-corrected chi connectivity index (χ0v) is 19.2. The smallest absolute Gasteiger partial charge is 0.270 e. The number of nitrogens with zero attached hydrogens (tertiary/aromatic N) is 2. The number of sulfonamides is 1. The third-order valence-corrected chi connectivity index (χ3v) is 8.17. The first kappa shape index (κ1) is 22.5. The standard InChI is InChI=1S/C23H30N4O4S/c1-17-8-3-4-10-20(17)25-22(28)18-9-7-13-27(16-18)32(30,31)19-14-21(24-15-19)23(29)26-11-5-2-6-12-26/h3-4,8,10,14-15,18,24H,2,5-7,9,11-13,16H2,1H3,(H,25,28)/t18-/m0/s1. The van der Waals surface area contributed by atoms with Crippen LogP contribution in [0.4, 0.5) is 5.69 Å². The second-order valence-electron chi connectivity index (χ2n) is 8.61. The summed E-state index contributed by atoms with van der Waals surface area (Å²) in [5.41, 5.74) is 1.99. The Balaban J connectivity index is 1.44. The molecule has 0 unspecified atom stereocenters. The molecule has 9 heteroatoms. The van der Waals surface area contributed by atoms with Crippen LogP contribution in [0.5, 0.6) is 0 Å². The quantitative estimate of drug-likeness (QED) is 0.719. The maximum Gasteiger partial charge on any atom is 0.270 e. The predicted molar refractivity (Wildman–Crippen MR) is 122 cm³/mol. The Morgan fingerprint density at radius 1 is 1.06 bits per heavy atom. The molecule has 4 rings (SSSR count). The SMILES string of the molecule is Cc1ccccc1NC(=O)[C@H]1CCCN(S(=O)(=O)c2c[nH]c(C(=O)N3CCCCC3)c2)C1. The highest BCUT2D eigenvalue weighted by Crippen LogP contribution is 2.26. The lowest BCUT2D eigenvalue weighted by Crippen LogP contribution is -2.43. The fraction of sp³-hybridized carbons (Fsp3) is 0.478. The van der Waals surface area contributed by atoms with Crippen LogP contribution in [0.25, 0.3) is 0 Å². The van der Waals surface area contributed by atoms with E-state index >= 15 is 0 Å². The van der Waals surface area contributed by atoms with Crippen LogP contribution in [-0.4, -0.2) is 60.6 Å². The van der Waals surface area contributed by atoms with Gasteiger partial charge in [0.2, 0.25) is 15.9 Å². The third kappa shape index (κ3) is 4.73. The highest BCUT2D eigenvalue weighted by Gasteiger charge is 2.34. The van der Waals surface area contributed by atoms with Crippen LogP contribution < -0.4 is 5.32 Å². The lowest BCUT2D eigenvalue weighted by molar-refractivity contribution is -0.120. The van der Waals surface area contributed by atoms with Crippen molar-refractivity contribution in [3.05, 3.63) is 47.8 Å². The van der Waals surface area contributed by atoms with Gasteiger partial charge in [0.05, 0.1) is 5.92 Å². The molecule has 0 bridgehead atoms. The van der Waals surface area contributed by atoms with E-state index in [1.54, 1.807) is 4.90 Å². The number of nitrogens with one attached hydrogen (secondary N) is 2. The number of aromatic nitrogens is 1. The number of para-hydroxylation sites is 1. The number of hydrogen-bond acceptors (Lipinski definition) is 4. The molecule has 2 saturated heterocycles. The van der Waals surface area contributed by atoms with Crippen LogP contribution >= 0.6 is 0 Å². The van der Waals surface area contributed by atoms with Gasteiger partial charge in [0, 0.05) is 38.1 Å². The number of aryl methyl sites for hydroxylation is 1. The van der Waals surface area contributed by atoms with Crippen molar-refractivity contribution >= 4 is 27.5 Å². The molecule has 2 amide bonds. The van der Waals surface area contributed by atoms with E-state index < -0.39 is 15.9 Å². The van der Waals surface area contributed by atoms with Gasteiger partial charge < -0.3 is 15.2 Å². The molecule has 0 radical (unpaired) electrons. The van der Waals surface area contributed by atoms with Gasteiger partial charge in [0.25, 0.3) is 5.91 Å². The molecule has 3 heterocycles. The second-order valence-corrected chi connectivity index (χ2v) is 10.5. The summed E-state index contributed by atoms with van der Waals surface area (Å²) in [7, 11) is -3.80. The van der Waals surface area contributed by atoms with E-state index in [4.69, 9.17) is 0 Å². The average molecular weight is 459 g/mol. The normalized spacial score (nSPS) is 20.2. The molecule has 2 fully saturated rings. The van der Waals surface area contributed by atoms with Gasteiger partial charge in [0.15, 0.2) is 0 Å². The van der Waals surface area contributed by atoms with E-state index in [0.717, 1.165) is 30.5 Å². The number of likely N-dealkylation sites (tertiary alicyclic amines) is 1. The highest BCUT2D eigenvalue weighted by molar-refractivity contribution is 7.89. The molecular formula is C23H30N4O4S. The first-order valence-corrected chi connectivity index (χ1v) is 12.6. The highest BCUT2D eigenvalue weighted by atomic mass is 32.2. The molecular weight excluding hydrogens is 428 g/mol. The fourth-order valence-electron chi connectivity index (χ4n) is 4.39. The lowest BCUT2D eigenvalue weighted by atomic mass is 9.98. The number of H-pyrrole nitrogens is 1. The zero-order valence-electron chi connectivity index (χ0n) is 18.3. The van der Waals surface area contributed by atoms with Crippen LogP contribution in [0.2, 0.25) is 0 Å². The number of piperidine rings is 2. The van der Waals surface area contributed by atoms with Gasteiger partial charge in [-0.05, 0) is 56.7 Å². The largest absolute Gasteiger partial charge is 0.356 e. The van der Waals surface area contributed by atoms with E-state index in [0.29, 0.717) is 32.5 Å². The number of benzene rings is 1. The maximum atomic E-state index is 13.2. The lowest BCUT2D eigenvalue weighted by Gasteiger charge is -2.31. The molecule has 32 heavy (non-hydrogen) atoms. The molecule has 1 aromatic heterocycles. The second kappa shape index (κ2) is 9.46. The Bertz CT molecular complexity index is 1090. The molecule has 1 atom stereocenters. The van der Waals surface area contributed by atoms with E-state index in [9.17, 15) is 18.0 Å². The summed E-state index contributed by atoms with van der Waals surface area (Å²) in [4.78, 5) is 30.2. The van der Waals surface area contributed by atoms with Crippen molar-refractivity contribution in [2.75, 3.05) is 31.5 Å². The Kier molecular flexibility index (Phi) is 6.66. The molecule has 0 spiro atoms. The summed E-state index contributed by atoms with van der Waals surface area (Å²) in [5, 5.41) is 2.93. The van der Waals surface area contributed by atoms with E-state index in [-0.39, 0.29) is 28.9 Å². The minimum absolute atomic E-state index is 0.0674. The maximum absolute atomic E-state index is 13.2. The van der Waals surface area contributed by atoms with Crippen LogP contribution in [0.3, 0.4) is 0 Å². The number of hydrogen-bond donors (Lipinski definition) is 2. The molecule has 2 aliphatic rings. The van der Waals surface area contributed by atoms with Crippen LogP contribution in [0.1, 0.15) is 48.2 Å². The minimum Gasteiger partial charge on any atom is -0.356 e. The van der Waals surface area contributed by atoms with Crippen LogP contribution in [-0.2, 0) is 14.8 Å². The molecule has 8 nitrogen and oxygen atoms in total. The Hall–Kier alpha value is -2.65. The van der Waals surface area contributed by atoms with E-state index in [2.05, 4.69) is 10.3 Å². The monoisotopic (exact) mass is 458 g/mol. The zero-order chi connectivity index (χ0) is 22.7. The summed E-state index contributed by atoms with van der Waals surface area (Å²) >= 11 is 0. The van der Waals surface area contributed by atoms with Crippen molar-refractivity contribution < 1.29 is 18.0 Å². The van der Waals surface area contributed by atoms with Crippen LogP contribution in [0, 0.1) is 12.8 Å². The van der Waals surface area contributed by atoms with E-state index in [1.807, 2.05) is 31.2 Å². The average Bonchev–Trinajstić information content (AvgIpc) is 3.32. The molecule has 172 valence electrons. The van der Waals surface area contributed by atoms with Crippen molar-refractivity contribution in [3.63, 3.8) is 0 Å². The van der Waals surface area contributed by atoms with Gasteiger partial charge in [-0.15, -0.1) is 0 Å².